The number of ether oxygens (including phenoxy) is 1. The second-order valence-electron chi connectivity index (χ2n) is 4.88. The van der Waals surface area contributed by atoms with Gasteiger partial charge in [-0.15, -0.1) is 0 Å². The van der Waals surface area contributed by atoms with Gasteiger partial charge in [0.15, 0.2) is 0 Å². The molecule has 20 heavy (non-hydrogen) atoms. The molecule has 2 aromatic carbocycles. The zero-order valence-corrected chi connectivity index (χ0v) is 12.9. The van der Waals surface area contributed by atoms with Gasteiger partial charge in [0.1, 0.15) is 5.75 Å². The third-order valence-corrected chi connectivity index (χ3v) is 3.63. The van der Waals surface area contributed by atoms with Crippen LogP contribution in [0.5, 0.6) is 5.75 Å². The largest absolute Gasteiger partial charge is 0.492 e. The van der Waals surface area contributed by atoms with Crippen molar-refractivity contribution in [1.82, 2.24) is 0 Å². The highest BCUT2D eigenvalue weighted by molar-refractivity contribution is 6.32. The topological polar surface area (TPSA) is 9.23 Å². The Kier molecular flexibility index (Phi) is 5.49. The van der Waals surface area contributed by atoms with Crippen molar-refractivity contribution in [2.75, 3.05) is 6.61 Å². The lowest BCUT2D eigenvalue weighted by Crippen LogP contribution is -1.92. The summed E-state index contributed by atoms with van der Waals surface area (Å²) in [6.45, 7) is 4.81. The predicted molar refractivity (Wildman–Crippen MR) is 86.7 cm³/mol. The molecule has 0 aliphatic carbocycles. The first-order valence-electron chi connectivity index (χ1n) is 7.26. The second kappa shape index (κ2) is 7.35. The molecule has 0 unspecified atom stereocenters. The van der Waals surface area contributed by atoms with Crippen molar-refractivity contribution in [3.63, 3.8) is 0 Å². The molecule has 0 N–H and O–H groups in total. The number of unbranched alkanes of at least 4 members (excludes halogenated alkanes) is 1. The maximum absolute atomic E-state index is 6.23. The Morgan fingerprint density at radius 1 is 0.950 bits per heavy atom. The summed E-state index contributed by atoms with van der Waals surface area (Å²) >= 11 is 6.23. The van der Waals surface area contributed by atoms with Crippen molar-refractivity contribution >= 4 is 11.6 Å². The molecule has 2 heteroatoms. The number of hydrogen-bond acceptors (Lipinski definition) is 1. The van der Waals surface area contributed by atoms with Crippen LogP contribution in [0, 0.1) is 0 Å². The van der Waals surface area contributed by atoms with Crippen molar-refractivity contribution in [3.05, 3.63) is 53.1 Å². The summed E-state index contributed by atoms with van der Waals surface area (Å²) < 4.78 is 5.46. The van der Waals surface area contributed by atoms with E-state index in [1.54, 1.807) is 0 Å². The Morgan fingerprint density at radius 3 is 2.25 bits per heavy atom. The fourth-order valence-corrected chi connectivity index (χ4v) is 2.43. The number of benzene rings is 2. The number of hydrogen-bond donors (Lipinski definition) is 0. The minimum Gasteiger partial charge on any atom is -0.492 e. The first-order valence-corrected chi connectivity index (χ1v) is 7.64. The second-order valence-corrected chi connectivity index (χ2v) is 5.29. The van der Waals surface area contributed by atoms with Gasteiger partial charge in [0.2, 0.25) is 0 Å². The lowest BCUT2D eigenvalue weighted by Gasteiger charge is -2.08. The van der Waals surface area contributed by atoms with Crippen LogP contribution in [0.25, 0.3) is 11.1 Å². The van der Waals surface area contributed by atoms with Gasteiger partial charge in [-0.1, -0.05) is 55.3 Å². The first kappa shape index (κ1) is 14.9. The Labute approximate surface area is 126 Å². The van der Waals surface area contributed by atoms with E-state index in [0.717, 1.165) is 17.7 Å². The normalized spacial score (nSPS) is 10.6. The molecule has 106 valence electrons. The van der Waals surface area contributed by atoms with Crippen molar-refractivity contribution in [2.24, 2.45) is 0 Å². The molecule has 0 radical (unpaired) electrons. The standard InChI is InChI=1S/C18H21ClO/c1-3-5-6-14-7-9-15(10-8-14)16-11-12-18(20-4-2)17(19)13-16/h7-13H,3-6H2,1-2H3. The molecule has 0 saturated carbocycles. The van der Waals surface area contributed by atoms with E-state index in [-0.39, 0.29) is 0 Å². The molecule has 0 spiro atoms. The van der Waals surface area contributed by atoms with Gasteiger partial charge in [-0.25, -0.2) is 0 Å². The van der Waals surface area contributed by atoms with Gasteiger partial charge in [-0.3, -0.25) is 0 Å². The van der Waals surface area contributed by atoms with Crippen LogP contribution in [0.4, 0.5) is 0 Å². The molecular formula is C18H21ClO. The summed E-state index contributed by atoms with van der Waals surface area (Å²) in [6.07, 6.45) is 3.63. The highest BCUT2D eigenvalue weighted by atomic mass is 35.5. The summed E-state index contributed by atoms with van der Waals surface area (Å²) in [6, 6.07) is 14.7. The summed E-state index contributed by atoms with van der Waals surface area (Å²) in [5.74, 6) is 0.748. The minimum absolute atomic E-state index is 0.630. The average molecular weight is 289 g/mol. The third-order valence-electron chi connectivity index (χ3n) is 3.34. The van der Waals surface area contributed by atoms with E-state index in [1.165, 1.54) is 24.0 Å². The maximum Gasteiger partial charge on any atom is 0.137 e. The highest BCUT2D eigenvalue weighted by Crippen LogP contribution is 2.30. The molecule has 0 heterocycles. The van der Waals surface area contributed by atoms with Gasteiger partial charge < -0.3 is 4.74 Å². The van der Waals surface area contributed by atoms with E-state index in [1.807, 2.05) is 19.1 Å². The van der Waals surface area contributed by atoms with Gasteiger partial charge in [0.05, 0.1) is 11.6 Å². The van der Waals surface area contributed by atoms with Crippen molar-refractivity contribution in [3.8, 4) is 16.9 Å². The highest BCUT2D eigenvalue weighted by Gasteiger charge is 2.04. The molecule has 2 rings (SSSR count). The van der Waals surface area contributed by atoms with Gasteiger partial charge in [0.25, 0.3) is 0 Å². The van der Waals surface area contributed by atoms with Crippen LogP contribution in [0.3, 0.4) is 0 Å². The molecule has 0 aliphatic rings. The van der Waals surface area contributed by atoms with Crippen LogP contribution >= 0.6 is 11.6 Å². The summed E-state index contributed by atoms with van der Waals surface area (Å²) in [5, 5.41) is 0.666. The van der Waals surface area contributed by atoms with Crippen molar-refractivity contribution < 1.29 is 4.74 Å². The van der Waals surface area contributed by atoms with Crippen molar-refractivity contribution in [2.45, 2.75) is 33.1 Å². The molecule has 0 aliphatic heterocycles. The minimum atomic E-state index is 0.630. The monoisotopic (exact) mass is 288 g/mol. The molecular weight excluding hydrogens is 268 g/mol. The van der Waals surface area contributed by atoms with Crippen LogP contribution in [-0.2, 0) is 6.42 Å². The molecule has 0 bridgehead atoms. The van der Waals surface area contributed by atoms with E-state index in [2.05, 4.69) is 37.3 Å². The first-order chi connectivity index (χ1) is 9.74. The van der Waals surface area contributed by atoms with Crippen LogP contribution in [0.2, 0.25) is 5.02 Å². The van der Waals surface area contributed by atoms with Crippen LogP contribution in [0.15, 0.2) is 42.5 Å². The van der Waals surface area contributed by atoms with Crippen molar-refractivity contribution in [1.29, 1.82) is 0 Å². The smallest absolute Gasteiger partial charge is 0.137 e. The van der Waals surface area contributed by atoms with Gasteiger partial charge >= 0.3 is 0 Å². The van der Waals surface area contributed by atoms with Gasteiger partial charge in [0, 0.05) is 0 Å². The number of halogens is 1. The van der Waals surface area contributed by atoms with E-state index in [9.17, 15) is 0 Å². The molecule has 0 amide bonds. The Balaban J connectivity index is 2.17. The Morgan fingerprint density at radius 2 is 1.65 bits per heavy atom. The van der Waals surface area contributed by atoms with E-state index in [4.69, 9.17) is 16.3 Å². The lowest BCUT2D eigenvalue weighted by atomic mass is 10.0. The molecule has 0 saturated heterocycles. The van der Waals surface area contributed by atoms with E-state index < -0.39 is 0 Å². The van der Waals surface area contributed by atoms with E-state index in [0.29, 0.717) is 11.6 Å². The lowest BCUT2D eigenvalue weighted by molar-refractivity contribution is 0.340. The summed E-state index contributed by atoms with van der Waals surface area (Å²) in [4.78, 5) is 0. The van der Waals surface area contributed by atoms with Crippen LogP contribution in [0.1, 0.15) is 32.3 Å². The zero-order valence-electron chi connectivity index (χ0n) is 12.2. The fourth-order valence-electron chi connectivity index (χ4n) is 2.20. The Bertz CT molecular complexity index is 546. The zero-order chi connectivity index (χ0) is 14.4. The van der Waals surface area contributed by atoms with Crippen LogP contribution < -0.4 is 4.74 Å². The van der Waals surface area contributed by atoms with E-state index >= 15 is 0 Å². The molecule has 0 fully saturated rings. The summed E-state index contributed by atoms with van der Waals surface area (Å²) in [5.41, 5.74) is 3.71. The fraction of sp³-hybridized carbons (Fsp3) is 0.333. The van der Waals surface area contributed by atoms with Gasteiger partial charge in [-0.05, 0) is 48.6 Å². The Hall–Kier alpha value is -1.47. The summed E-state index contributed by atoms with van der Waals surface area (Å²) in [7, 11) is 0. The number of rotatable bonds is 6. The molecule has 2 aromatic rings. The molecule has 1 nitrogen and oxygen atoms in total. The van der Waals surface area contributed by atoms with Gasteiger partial charge in [-0.2, -0.15) is 0 Å². The maximum atomic E-state index is 6.23. The SMILES string of the molecule is CCCCc1ccc(-c2ccc(OCC)c(Cl)c2)cc1. The quantitative estimate of drug-likeness (QED) is 0.658. The predicted octanol–water partition coefficient (Wildman–Crippen LogP) is 5.75. The average Bonchev–Trinajstić information content (AvgIpc) is 2.48. The van der Waals surface area contributed by atoms with Crippen LogP contribution in [-0.4, -0.2) is 6.61 Å². The third kappa shape index (κ3) is 3.77. The molecule has 0 aromatic heterocycles. The number of aryl methyl sites for hydroxylation is 1. The molecule has 0 atom stereocenters.